The lowest BCUT2D eigenvalue weighted by molar-refractivity contribution is -0.195. The van der Waals surface area contributed by atoms with Gasteiger partial charge in [-0.25, -0.2) is 0 Å². The van der Waals surface area contributed by atoms with Gasteiger partial charge >= 0.3 is 6.18 Å². The summed E-state index contributed by atoms with van der Waals surface area (Å²) in [5, 5.41) is 0. The molecule has 13 heavy (non-hydrogen) atoms. The Kier molecular flexibility index (Phi) is 3.22. The van der Waals surface area contributed by atoms with E-state index >= 15 is 0 Å². The molecule has 0 amide bonds. The van der Waals surface area contributed by atoms with Crippen molar-refractivity contribution in [1.82, 2.24) is 4.90 Å². The van der Waals surface area contributed by atoms with E-state index in [1.165, 1.54) is 0 Å². The van der Waals surface area contributed by atoms with Crippen LogP contribution in [0.1, 0.15) is 33.1 Å². The maximum Gasteiger partial charge on any atom is 0.404 e. The molecule has 0 aliphatic carbocycles. The van der Waals surface area contributed by atoms with Crippen molar-refractivity contribution in [2.75, 3.05) is 6.54 Å². The highest BCUT2D eigenvalue weighted by molar-refractivity contribution is 4.84. The molecular formula is C9H16F3N. The molecule has 0 aromatic rings. The molecule has 1 heterocycles. The molecule has 78 valence electrons. The molecule has 1 atom stereocenters. The normalized spacial score (nSPS) is 26.8. The summed E-state index contributed by atoms with van der Waals surface area (Å²) in [6, 6.07) is -1.21. The minimum atomic E-state index is -4.05. The van der Waals surface area contributed by atoms with Crippen LogP contribution in [0.5, 0.6) is 0 Å². The summed E-state index contributed by atoms with van der Waals surface area (Å²) in [5.74, 6) is 0. The number of hydrogen-bond acceptors (Lipinski definition) is 1. The first kappa shape index (κ1) is 10.8. The smallest absolute Gasteiger partial charge is 0.290 e. The molecule has 0 bridgehead atoms. The zero-order chi connectivity index (χ0) is 10.1. The number of rotatable bonds is 1. The minimum Gasteiger partial charge on any atom is -0.290 e. The van der Waals surface area contributed by atoms with E-state index in [9.17, 15) is 13.2 Å². The van der Waals surface area contributed by atoms with E-state index in [1.54, 1.807) is 4.90 Å². The van der Waals surface area contributed by atoms with E-state index in [-0.39, 0.29) is 12.5 Å². The standard InChI is InChI=1S/C9H16F3N/c1-7(2)13-6-4-3-5-8(13)9(10,11)12/h7-8H,3-6H2,1-2H3/t8-/m0/s1. The summed E-state index contributed by atoms with van der Waals surface area (Å²) in [6.45, 7) is 4.23. The molecule has 4 heteroatoms. The Bertz CT molecular complexity index is 165. The highest BCUT2D eigenvalue weighted by atomic mass is 19.4. The van der Waals surface area contributed by atoms with Crippen LogP contribution < -0.4 is 0 Å². The van der Waals surface area contributed by atoms with Gasteiger partial charge in [-0.1, -0.05) is 6.42 Å². The monoisotopic (exact) mass is 195 g/mol. The molecule has 0 N–H and O–H groups in total. The van der Waals surface area contributed by atoms with Crippen molar-refractivity contribution < 1.29 is 13.2 Å². The summed E-state index contributed by atoms with van der Waals surface area (Å²) < 4.78 is 37.5. The first-order valence-corrected chi connectivity index (χ1v) is 4.75. The van der Waals surface area contributed by atoms with Gasteiger partial charge in [0.05, 0.1) is 0 Å². The van der Waals surface area contributed by atoms with Gasteiger partial charge in [-0.15, -0.1) is 0 Å². The molecule has 0 saturated carbocycles. The van der Waals surface area contributed by atoms with Crippen LogP contribution in [0, 0.1) is 0 Å². The molecule has 0 aromatic heterocycles. The molecule has 1 aliphatic rings. The summed E-state index contributed by atoms with van der Waals surface area (Å²) in [7, 11) is 0. The second kappa shape index (κ2) is 3.86. The lowest BCUT2D eigenvalue weighted by atomic mass is 10.00. The molecule has 0 aromatic carbocycles. The summed E-state index contributed by atoms with van der Waals surface area (Å²) in [4.78, 5) is 1.56. The van der Waals surface area contributed by atoms with Crippen LogP contribution in [0.25, 0.3) is 0 Å². The van der Waals surface area contributed by atoms with E-state index in [1.807, 2.05) is 13.8 Å². The Morgan fingerprint density at radius 1 is 1.23 bits per heavy atom. The van der Waals surface area contributed by atoms with E-state index in [2.05, 4.69) is 0 Å². The Morgan fingerprint density at radius 2 is 1.85 bits per heavy atom. The van der Waals surface area contributed by atoms with E-state index in [0.29, 0.717) is 13.0 Å². The average Bonchev–Trinajstić information content (AvgIpc) is 2.03. The van der Waals surface area contributed by atoms with E-state index in [4.69, 9.17) is 0 Å². The van der Waals surface area contributed by atoms with Crippen LogP contribution in [0.2, 0.25) is 0 Å². The van der Waals surface area contributed by atoms with Crippen molar-refractivity contribution in [3.8, 4) is 0 Å². The van der Waals surface area contributed by atoms with Gasteiger partial charge in [-0.2, -0.15) is 13.2 Å². The van der Waals surface area contributed by atoms with Crippen molar-refractivity contribution in [3.05, 3.63) is 0 Å². The number of halogens is 3. The number of alkyl halides is 3. The predicted octanol–water partition coefficient (Wildman–Crippen LogP) is 2.81. The number of piperidine rings is 1. The van der Waals surface area contributed by atoms with Gasteiger partial charge in [-0.05, 0) is 33.2 Å². The van der Waals surface area contributed by atoms with Crippen molar-refractivity contribution in [3.63, 3.8) is 0 Å². The van der Waals surface area contributed by atoms with Gasteiger partial charge in [0.25, 0.3) is 0 Å². The number of nitrogens with zero attached hydrogens (tertiary/aromatic N) is 1. The quantitative estimate of drug-likeness (QED) is 0.622. The second-order valence-electron chi connectivity index (χ2n) is 3.88. The maximum absolute atomic E-state index is 12.5. The lowest BCUT2D eigenvalue weighted by Gasteiger charge is -2.39. The third-order valence-corrected chi connectivity index (χ3v) is 2.59. The van der Waals surface area contributed by atoms with Crippen LogP contribution in [0.3, 0.4) is 0 Å². The highest BCUT2D eigenvalue weighted by Crippen LogP contribution is 2.32. The largest absolute Gasteiger partial charge is 0.404 e. The number of likely N-dealkylation sites (tertiary alicyclic amines) is 1. The molecule has 0 unspecified atom stereocenters. The summed E-state index contributed by atoms with van der Waals surface area (Å²) >= 11 is 0. The van der Waals surface area contributed by atoms with Gasteiger partial charge in [0.2, 0.25) is 0 Å². The third kappa shape index (κ3) is 2.59. The molecular weight excluding hydrogens is 179 g/mol. The van der Waals surface area contributed by atoms with Crippen molar-refractivity contribution >= 4 is 0 Å². The maximum atomic E-state index is 12.5. The Balaban J connectivity index is 2.67. The van der Waals surface area contributed by atoms with Crippen LogP contribution in [0.4, 0.5) is 13.2 Å². The zero-order valence-corrected chi connectivity index (χ0v) is 8.06. The molecule has 1 nitrogen and oxygen atoms in total. The first-order chi connectivity index (χ1) is 5.93. The van der Waals surface area contributed by atoms with E-state index < -0.39 is 12.2 Å². The average molecular weight is 195 g/mol. The van der Waals surface area contributed by atoms with Crippen LogP contribution in [-0.2, 0) is 0 Å². The molecule has 1 fully saturated rings. The minimum absolute atomic E-state index is 0.00748. The first-order valence-electron chi connectivity index (χ1n) is 4.75. The Labute approximate surface area is 76.9 Å². The fourth-order valence-electron chi connectivity index (χ4n) is 1.92. The highest BCUT2D eigenvalue weighted by Gasteiger charge is 2.44. The Morgan fingerprint density at radius 3 is 2.23 bits per heavy atom. The second-order valence-corrected chi connectivity index (χ2v) is 3.88. The zero-order valence-electron chi connectivity index (χ0n) is 8.06. The van der Waals surface area contributed by atoms with Crippen molar-refractivity contribution in [1.29, 1.82) is 0 Å². The third-order valence-electron chi connectivity index (χ3n) is 2.59. The molecule has 0 spiro atoms. The predicted molar refractivity (Wildman–Crippen MR) is 45.5 cm³/mol. The van der Waals surface area contributed by atoms with Gasteiger partial charge in [0.15, 0.2) is 0 Å². The fourth-order valence-corrected chi connectivity index (χ4v) is 1.92. The van der Waals surface area contributed by atoms with Gasteiger partial charge in [-0.3, -0.25) is 4.90 Å². The fraction of sp³-hybridized carbons (Fsp3) is 1.00. The van der Waals surface area contributed by atoms with Gasteiger partial charge in [0.1, 0.15) is 6.04 Å². The van der Waals surface area contributed by atoms with Gasteiger partial charge in [0, 0.05) is 6.04 Å². The number of hydrogen-bond donors (Lipinski definition) is 0. The SMILES string of the molecule is CC(C)N1CCCC[C@H]1C(F)(F)F. The van der Waals surface area contributed by atoms with Crippen LogP contribution in [-0.4, -0.2) is 29.7 Å². The van der Waals surface area contributed by atoms with Crippen LogP contribution >= 0.6 is 0 Å². The molecule has 0 radical (unpaired) electrons. The molecule has 1 aliphatic heterocycles. The van der Waals surface area contributed by atoms with Crippen molar-refractivity contribution in [2.45, 2.75) is 51.4 Å². The lowest BCUT2D eigenvalue weighted by Crippen LogP contribution is -2.51. The summed E-state index contributed by atoms with van der Waals surface area (Å²) in [5.41, 5.74) is 0. The van der Waals surface area contributed by atoms with Gasteiger partial charge < -0.3 is 0 Å². The van der Waals surface area contributed by atoms with E-state index in [0.717, 1.165) is 6.42 Å². The topological polar surface area (TPSA) is 3.24 Å². The summed E-state index contributed by atoms with van der Waals surface area (Å²) in [6.07, 6.45) is -2.19. The molecule has 1 saturated heterocycles. The van der Waals surface area contributed by atoms with Crippen LogP contribution in [0.15, 0.2) is 0 Å². The molecule has 1 rings (SSSR count). The van der Waals surface area contributed by atoms with Crippen molar-refractivity contribution in [2.24, 2.45) is 0 Å². The Hall–Kier alpha value is -0.250.